The Hall–Kier alpha value is -2.33. The number of hydrogen-bond donors (Lipinski definition) is 2. The molecule has 0 aliphatic rings. The lowest BCUT2D eigenvalue weighted by molar-refractivity contribution is -0.129. The molecule has 0 bridgehead atoms. The third kappa shape index (κ3) is 6.42. The van der Waals surface area contributed by atoms with E-state index in [9.17, 15) is 9.59 Å². The SMILES string of the molecule is Cc1cccc(CNC(=O)CC(=O)NCCc2cccc(Cl)c2)c1. The summed E-state index contributed by atoms with van der Waals surface area (Å²) in [4.78, 5) is 23.6. The topological polar surface area (TPSA) is 58.2 Å². The van der Waals surface area contributed by atoms with Gasteiger partial charge in [0.05, 0.1) is 0 Å². The fourth-order valence-corrected chi connectivity index (χ4v) is 2.55. The van der Waals surface area contributed by atoms with Crippen LogP contribution in [0.2, 0.25) is 5.02 Å². The van der Waals surface area contributed by atoms with Gasteiger partial charge in [-0.05, 0) is 36.6 Å². The first kappa shape index (κ1) is 18.0. The van der Waals surface area contributed by atoms with E-state index < -0.39 is 0 Å². The minimum absolute atomic E-state index is 0.165. The second-order valence-corrected chi connectivity index (χ2v) is 6.11. The third-order valence-corrected chi connectivity index (χ3v) is 3.75. The van der Waals surface area contributed by atoms with E-state index in [1.807, 2.05) is 55.5 Å². The van der Waals surface area contributed by atoms with Crippen molar-refractivity contribution >= 4 is 23.4 Å². The molecular formula is C19H21ClN2O2. The van der Waals surface area contributed by atoms with Crippen LogP contribution in [0.3, 0.4) is 0 Å². The molecule has 4 nitrogen and oxygen atoms in total. The predicted molar refractivity (Wildman–Crippen MR) is 95.8 cm³/mol. The van der Waals surface area contributed by atoms with E-state index in [4.69, 9.17) is 11.6 Å². The smallest absolute Gasteiger partial charge is 0.229 e. The third-order valence-electron chi connectivity index (χ3n) is 3.52. The van der Waals surface area contributed by atoms with E-state index in [1.54, 1.807) is 0 Å². The average Bonchev–Trinajstić information content (AvgIpc) is 2.53. The molecule has 0 aliphatic carbocycles. The molecule has 2 amide bonds. The van der Waals surface area contributed by atoms with Gasteiger partial charge in [-0.1, -0.05) is 53.6 Å². The Labute approximate surface area is 147 Å². The standard InChI is InChI=1S/C19H21ClN2O2/c1-14-4-2-6-16(10-14)13-22-19(24)12-18(23)21-9-8-15-5-3-7-17(20)11-15/h2-7,10-11H,8-9,12-13H2,1H3,(H,21,23)(H,22,24). The Balaban J connectivity index is 1.67. The van der Waals surface area contributed by atoms with Gasteiger partial charge in [0, 0.05) is 18.1 Å². The zero-order valence-corrected chi connectivity index (χ0v) is 14.4. The monoisotopic (exact) mass is 344 g/mol. The molecule has 2 rings (SSSR count). The van der Waals surface area contributed by atoms with Crippen molar-refractivity contribution in [3.8, 4) is 0 Å². The maximum Gasteiger partial charge on any atom is 0.229 e. The van der Waals surface area contributed by atoms with Crippen LogP contribution in [0.25, 0.3) is 0 Å². The fourth-order valence-electron chi connectivity index (χ4n) is 2.33. The first-order valence-corrected chi connectivity index (χ1v) is 8.24. The number of nitrogens with one attached hydrogen (secondary N) is 2. The quantitative estimate of drug-likeness (QED) is 0.758. The summed E-state index contributed by atoms with van der Waals surface area (Å²) in [6.45, 7) is 2.90. The highest BCUT2D eigenvalue weighted by Crippen LogP contribution is 2.10. The van der Waals surface area contributed by atoms with Crippen molar-refractivity contribution in [2.75, 3.05) is 6.54 Å². The minimum Gasteiger partial charge on any atom is -0.355 e. The molecule has 0 aromatic heterocycles. The highest BCUT2D eigenvalue weighted by atomic mass is 35.5. The van der Waals surface area contributed by atoms with Gasteiger partial charge in [-0.25, -0.2) is 0 Å². The highest BCUT2D eigenvalue weighted by Gasteiger charge is 2.08. The molecule has 5 heteroatoms. The van der Waals surface area contributed by atoms with E-state index in [0.29, 0.717) is 24.5 Å². The molecule has 0 aliphatic heterocycles. The molecule has 0 unspecified atom stereocenters. The Morgan fingerprint density at radius 2 is 1.67 bits per heavy atom. The van der Waals surface area contributed by atoms with E-state index in [2.05, 4.69) is 10.6 Å². The van der Waals surface area contributed by atoms with Crippen molar-refractivity contribution in [3.05, 3.63) is 70.2 Å². The molecule has 24 heavy (non-hydrogen) atoms. The van der Waals surface area contributed by atoms with Crippen molar-refractivity contribution in [2.45, 2.75) is 26.3 Å². The van der Waals surface area contributed by atoms with Crippen LogP contribution in [0.4, 0.5) is 0 Å². The number of rotatable bonds is 7. The van der Waals surface area contributed by atoms with Crippen LogP contribution in [-0.4, -0.2) is 18.4 Å². The second kappa shape index (κ2) is 9.08. The number of hydrogen-bond acceptors (Lipinski definition) is 2. The first-order valence-electron chi connectivity index (χ1n) is 7.86. The molecule has 0 fully saturated rings. The minimum atomic E-state index is -0.281. The van der Waals surface area contributed by atoms with E-state index in [1.165, 1.54) is 0 Å². The summed E-state index contributed by atoms with van der Waals surface area (Å²) in [6, 6.07) is 15.4. The van der Waals surface area contributed by atoms with Gasteiger partial charge in [0.15, 0.2) is 0 Å². The molecule has 126 valence electrons. The molecule has 0 radical (unpaired) electrons. The van der Waals surface area contributed by atoms with E-state index >= 15 is 0 Å². The molecule has 2 aromatic carbocycles. The van der Waals surface area contributed by atoms with Crippen LogP contribution in [-0.2, 0) is 22.6 Å². The van der Waals surface area contributed by atoms with Crippen LogP contribution in [0.15, 0.2) is 48.5 Å². The average molecular weight is 345 g/mol. The molecule has 0 saturated carbocycles. The largest absolute Gasteiger partial charge is 0.355 e. The number of aryl methyl sites for hydroxylation is 1. The Kier molecular flexibility index (Phi) is 6.82. The van der Waals surface area contributed by atoms with Crippen LogP contribution >= 0.6 is 11.6 Å². The molecule has 2 N–H and O–H groups in total. The predicted octanol–water partition coefficient (Wildman–Crippen LogP) is 3.01. The second-order valence-electron chi connectivity index (χ2n) is 5.67. The van der Waals surface area contributed by atoms with Crippen molar-refractivity contribution in [1.82, 2.24) is 10.6 Å². The zero-order chi connectivity index (χ0) is 17.4. The molecule has 0 heterocycles. The van der Waals surface area contributed by atoms with Crippen LogP contribution in [0.5, 0.6) is 0 Å². The van der Waals surface area contributed by atoms with Gasteiger partial charge in [0.25, 0.3) is 0 Å². The van der Waals surface area contributed by atoms with E-state index in [0.717, 1.165) is 16.7 Å². The lowest BCUT2D eigenvalue weighted by atomic mass is 10.1. The summed E-state index contributed by atoms with van der Waals surface area (Å²) in [5.41, 5.74) is 3.21. The van der Waals surface area contributed by atoms with Crippen LogP contribution in [0, 0.1) is 6.92 Å². The molecule has 0 spiro atoms. The maximum atomic E-state index is 11.8. The number of benzene rings is 2. The Bertz CT molecular complexity index is 716. The summed E-state index contributed by atoms with van der Waals surface area (Å²) < 4.78 is 0. The van der Waals surface area contributed by atoms with Crippen LogP contribution in [0.1, 0.15) is 23.1 Å². The van der Waals surface area contributed by atoms with Crippen molar-refractivity contribution in [1.29, 1.82) is 0 Å². The Morgan fingerprint density at radius 3 is 2.42 bits per heavy atom. The maximum absolute atomic E-state index is 11.8. The first-order chi connectivity index (χ1) is 11.5. The van der Waals surface area contributed by atoms with Crippen molar-refractivity contribution in [2.24, 2.45) is 0 Å². The van der Waals surface area contributed by atoms with Crippen molar-refractivity contribution in [3.63, 3.8) is 0 Å². The normalized spacial score (nSPS) is 10.2. The van der Waals surface area contributed by atoms with Gasteiger partial charge >= 0.3 is 0 Å². The summed E-state index contributed by atoms with van der Waals surface area (Å²) in [7, 11) is 0. The van der Waals surface area contributed by atoms with Gasteiger partial charge in [0.2, 0.25) is 11.8 Å². The van der Waals surface area contributed by atoms with Crippen LogP contribution < -0.4 is 10.6 Å². The molecule has 2 aromatic rings. The summed E-state index contributed by atoms with van der Waals surface area (Å²) in [6.07, 6.45) is 0.512. The zero-order valence-electron chi connectivity index (χ0n) is 13.6. The molecular weight excluding hydrogens is 324 g/mol. The Morgan fingerprint density at radius 1 is 0.958 bits per heavy atom. The lowest BCUT2D eigenvalue weighted by Crippen LogP contribution is -2.32. The summed E-state index contributed by atoms with van der Waals surface area (Å²) in [5, 5.41) is 6.18. The lowest BCUT2D eigenvalue weighted by Gasteiger charge is -2.07. The van der Waals surface area contributed by atoms with Gasteiger partial charge < -0.3 is 10.6 Å². The van der Waals surface area contributed by atoms with Crippen molar-refractivity contribution < 1.29 is 9.59 Å². The number of halogens is 1. The molecule has 0 atom stereocenters. The number of carbonyl (C=O) groups excluding carboxylic acids is 2. The fraction of sp³-hybridized carbons (Fsp3) is 0.263. The number of carbonyl (C=O) groups is 2. The van der Waals surface area contributed by atoms with Gasteiger partial charge in [-0.3, -0.25) is 9.59 Å². The van der Waals surface area contributed by atoms with Gasteiger partial charge in [-0.2, -0.15) is 0 Å². The number of amides is 2. The van der Waals surface area contributed by atoms with E-state index in [-0.39, 0.29) is 18.2 Å². The summed E-state index contributed by atoms with van der Waals surface area (Å²) in [5.74, 6) is -0.560. The van der Waals surface area contributed by atoms with Gasteiger partial charge in [-0.15, -0.1) is 0 Å². The molecule has 0 saturated heterocycles. The highest BCUT2D eigenvalue weighted by molar-refractivity contribution is 6.30. The van der Waals surface area contributed by atoms with Gasteiger partial charge in [0.1, 0.15) is 6.42 Å². The summed E-state index contributed by atoms with van der Waals surface area (Å²) >= 11 is 5.91.